The predicted molar refractivity (Wildman–Crippen MR) is 60.9 cm³/mol. The van der Waals surface area contributed by atoms with Gasteiger partial charge >= 0.3 is 0 Å². The number of likely N-dealkylation sites (N-methyl/N-ethyl adjacent to an activating group) is 1. The summed E-state index contributed by atoms with van der Waals surface area (Å²) < 4.78 is 5.03. The number of hydrogen-bond acceptors (Lipinski definition) is 3. The second-order valence-corrected chi connectivity index (χ2v) is 3.54. The van der Waals surface area contributed by atoms with Gasteiger partial charge in [-0.3, -0.25) is 9.59 Å². The van der Waals surface area contributed by atoms with E-state index in [9.17, 15) is 9.59 Å². The summed E-state index contributed by atoms with van der Waals surface area (Å²) in [5.74, 6) is -0.243. The SMILES string of the molecule is C=C/C(C=O)=C(\C=C)C(=O)N(C)CC1CO1. The van der Waals surface area contributed by atoms with E-state index >= 15 is 0 Å². The normalized spacial score (nSPS) is 19.4. The zero-order valence-electron chi connectivity index (χ0n) is 9.31. The van der Waals surface area contributed by atoms with Crippen LogP contribution in [-0.4, -0.2) is 43.4 Å². The van der Waals surface area contributed by atoms with Crippen LogP contribution in [-0.2, 0) is 14.3 Å². The summed E-state index contributed by atoms with van der Waals surface area (Å²) in [7, 11) is 1.67. The van der Waals surface area contributed by atoms with E-state index in [2.05, 4.69) is 13.2 Å². The second kappa shape index (κ2) is 5.42. The minimum absolute atomic E-state index is 0.128. The van der Waals surface area contributed by atoms with Crippen molar-refractivity contribution in [3.8, 4) is 0 Å². The van der Waals surface area contributed by atoms with Gasteiger partial charge in [0.15, 0.2) is 6.29 Å². The topological polar surface area (TPSA) is 49.9 Å². The van der Waals surface area contributed by atoms with Gasteiger partial charge in [0.05, 0.1) is 12.7 Å². The molecule has 0 radical (unpaired) electrons. The lowest BCUT2D eigenvalue weighted by molar-refractivity contribution is -0.126. The molecule has 16 heavy (non-hydrogen) atoms. The molecule has 1 unspecified atom stereocenters. The third kappa shape index (κ3) is 2.90. The van der Waals surface area contributed by atoms with Crippen LogP contribution in [0.1, 0.15) is 0 Å². The number of hydrogen-bond donors (Lipinski definition) is 0. The number of amides is 1. The van der Waals surface area contributed by atoms with Crippen LogP contribution in [0.15, 0.2) is 36.5 Å². The summed E-state index contributed by atoms with van der Waals surface area (Å²) in [5.41, 5.74) is 0.525. The van der Waals surface area contributed by atoms with Crippen molar-refractivity contribution in [2.75, 3.05) is 20.2 Å². The zero-order valence-corrected chi connectivity index (χ0v) is 9.31. The summed E-state index contributed by atoms with van der Waals surface area (Å²) >= 11 is 0. The number of carbonyl (C=O) groups excluding carboxylic acids is 2. The van der Waals surface area contributed by atoms with Crippen LogP contribution in [0, 0.1) is 0 Å². The number of rotatable bonds is 6. The van der Waals surface area contributed by atoms with Gasteiger partial charge < -0.3 is 9.64 Å². The van der Waals surface area contributed by atoms with Crippen molar-refractivity contribution >= 4 is 12.2 Å². The van der Waals surface area contributed by atoms with Crippen LogP contribution < -0.4 is 0 Å². The van der Waals surface area contributed by atoms with E-state index in [-0.39, 0.29) is 23.2 Å². The van der Waals surface area contributed by atoms with Gasteiger partial charge in [-0.1, -0.05) is 25.3 Å². The van der Waals surface area contributed by atoms with Gasteiger partial charge in [0.1, 0.15) is 0 Å². The van der Waals surface area contributed by atoms with Crippen LogP contribution >= 0.6 is 0 Å². The molecule has 0 N–H and O–H groups in total. The maximum Gasteiger partial charge on any atom is 0.254 e. The molecule has 0 aromatic rings. The molecule has 1 saturated heterocycles. The maximum absolute atomic E-state index is 11.9. The molecule has 0 spiro atoms. The number of aldehydes is 1. The molecule has 4 nitrogen and oxygen atoms in total. The highest BCUT2D eigenvalue weighted by Crippen LogP contribution is 2.13. The fourth-order valence-corrected chi connectivity index (χ4v) is 1.32. The standard InChI is InChI=1S/C12H15NO3/c1-4-9(7-14)11(5-2)12(15)13(3)6-10-8-16-10/h4-5,7,10H,1-2,6,8H2,3H3/b11-9-. The molecule has 0 bridgehead atoms. The average molecular weight is 221 g/mol. The Morgan fingerprint density at radius 2 is 2.12 bits per heavy atom. The minimum atomic E-state index is -0.243. The molecule has 1 aliphatic rings. The van der Waals surface area contributed by atoms with Crippen LogP contribution in [0.3, 0.4) is 0 Å². The van der Waals surface area contributed by atoms with E-state index in [0.29, 0.717) is 19.4 Å². The monoisotopic (exact) mass is 221 g/mol. The third-order valence-corrected chi connectivity index (χ3v) is 2.32. The fourth-order valence-electron chi connectivity index (χ4n) is 1.32. The van der Waals surface area contributed by atoms with Crippen molar-refractivity contribution in [3.05, 3.63) is 36.5 Å². The molecule has 1 amide bonds. The van der Waals surface area contributed by atoms with Crippen molar-refractivity contribution in [2.24, 2.45) is 0 Å². The lowest BCUT2D eigenvalue weighted by Gasteiger charge is -2.16. The Kier molecular flexibility index (Phi) is 4.19. The summed E-state index contributed by atoms with van der Waals surface area (Å²) in [6.07, 6.45) is 3.45. The van der Waals surface area contributed by atoms with E-state index in [4.69, 9.17) is 4.74 Å². The van der Waals surface area contributed by atoms with Crippen LogP contribution in [0.5, 0.6) is 0 Å². The zero-order chi connectivity index (χ0) is 12.1. The first kappa shape index (κ1) is 12.4. The molecule has 1 heterocycles. The second-order valence-electron chi connectivity index (χ2n) is 3.54. The van der Waals surface area contributed by atoms with Gasteiger partial charge in [0, 0.05) is 24.7 Å². The molecule has 1 atom stereocenters. The van der Waals surface area contributed by atoms with Crippen molar-refractivity contribution < 1.29 is 14.3 Å². The van der Waals surface area contributed by atoms with E-state index in [1.54, 1.807) is 7.05 Å². The van der Waals surface area contributed by atoms with Gasteiger partial charge in [0.25, 0.3) is 5.91 Å². The summed E-state index contributed by atoms with van der Waals surface area (Å²) in [5, 5.41) is 0. The molecule has 0 aliphatic carbocycles. The minimum Gasteiger partial charge on any atom is -0.371 e. The Labute approximate surface area is 94.9 Å². The van der Waals surface area contributed by atoms with E-state index in [1.165, 1.54) is 17.1 Å². The Bertz CT molecular complexity index is 343. The highest BCUT2D eigenvalue weighted by molar-refractivity contribution is 6.02. The Morgan fingerprint density at radius 3 is 2.50 bits per heavy atom. The number of carbonyl (C=O) groups is 2. The lowest BCUT2D eigenvalue weighted by Crippen LogP contribution is -2.31. The van der Waals surface area contributed by atoms with E-state index in [1.807, 2.05) is 0 Å². The van der Waals surface area contributed by atoms with Crippen LogP contribution in [0.4, 0.5) is 0 Å². The number of epoxide rings is 1. The van der Waals surface area contributed by atoms with Gasteiger partial charge in [-0.15, -0.1) is 0 Å². The summed E-state index contributed by atoms with van der Waals surface area (Å²) in [4.78, 5) is 24.2. The first-order valence-electron chi connectivity index (χ1n) is 4.95. The summed E-state index contributed by atoms with van der Waals surface area (Å²) in [6.45, 7) is 8.23. The van der Waals surface area contributed by atoms with Crippen molar-refractivity contribution in [3.63, 3.8) is 0 Å². The number of nitrogens with zero attached hydrogens (tertiary/aromatic N) is 1. The summed E-state index contributed by atoms with van der Waals surface area (Å²) in [6, 6.07) is 0. The molecule has 0 aromatic heterocycles. The third-order valence-electron chi connectivity index (χ3n) is 2.32. The Balaban J connectivity index is 2.81. The first-order chi connectivity index (χ1) is 7.63. The number of allylic oxidation sites excluding steroid dienone is 2. The van der Waals surface area contributed by atoms with Crippen molar-refractivity contribution in [1.29, 1.82) is 0 Å². The average Bonchev–Trinajstić information content (AvgIpc) is 3.08. The molecule has 1 fully saturated rings. The highest BCUT2D eigenvalue weighted by Gasteiger charge is 2.27. The Morgan fingerprint density at radius 1 is 1.50 bits per heavy atom. The highest BCUT2D eigenvalue weighted by atomic mass is 16.6. The maximum atomic E-state index is 11.9. The smallest absolute Gasteiger partial charge is 0.254 e. The largest absolute Gasteiger partial charge is 0.371 e. The van der Waals surface area contributed by atoms with Gasteiger partial charge in [-0.2, -0.15) is 0 Å². The van der Waals surface area contributed by atoms with E-state index < -0.39 is 0 Å². The molecule has 0 aromatic carbocycles. The molecular weight excluding hydrogens is 206 g/mol. The molecular formula is C12H15NO3. The Hall–Kier alpha value is -1.68. The molecule has 0 saturated carbocycles. The lowest BCUT2D eigenvalue weighted by atomic mass is 10.1. The quantitative estimate of drug-likeness (QED) is 0.287. The molecule has 1 rings (SSSR count). The van der Waals surface area contributed by atoms with E-state index in [0.717, 1.165) is 0 Å². The predicted octanol–water partition coefficient (Wildman–Crippen LogP) is 0.711. The van der Waals surface area contributed by atoms with Gasteiger partial charge in [-0.05, 0) is 0 Å². The van der Waals surface area contributed by atoms with Crippen LogP contribution in [0.25, 0.3) is 0 Å². The fraction of sp³-hybridized carbons (Fsp3) is 0.333. The van der Waals surface area contributed by atoms with Crippen molar-refractivity contribution in [1.82, 2.24) is 4.90 Å². The number of ether oxygens (including phenoxy) is 1. The van der Waals surface area contributed by atoms with Crippen LogP contribution in [0.2, 0.25) is 0 Å². The van der Waals surface area contributed by atoms with Gasteiger partial charge in [0.2, 0.25) is 0 Å². The molecule has 86 valence electrons. The first-order valence-corrected chi connectivity index (χ1v) is 4.95. The molecule has 4 heteroatoms. The van der Waals surface area contributed by atoms with Crippen molar-refractivity contribution in [2.45, 2.75) is 6.10 Å². The van der Waals surface area contributed by atoms with Gasteiger partial charge in [-0.25, -0.2) is 0 Å². The molecule has 1 aliphatic heterocycles.